The lowest BCUT2D eigenvalue weighted by Crippen LogP contribution is -2.28. The van der Waals surface area contributed by atoms with Gasteiger partial charge in [-0.25, -0.2) is 8.61 Å². The molecule has 2 nitrogen and oxygen atoms in total. The van der Waals surface area contributed by atoms with E-state index in [1.165, 1.54) is 64.7 Å². The highest BCUT2D eigenvalue weighted by Gasteiger charge is 2.48. The van der Waals surface area contributed by atoms with Gasteiger partial charge in [-0.15, -0.1) is 0 Å². The molecule has 2 heterocycles. The van der Waals surface area contributed by atoms with Crippen LogP contribution in [0.3, 0.4) is 0 Å². The average Bonchev–Trinajstić information content (AvgIpc) is 2.84. The molecule has 1 aliphatic carbocycles. The van der Waals surface area contributed by atoms with Crippen molar-refractivity contribution >= 4 is 12.1 Å². The zero-order valence-electron chi connectivity index (χ0n) is 8.87. The van der Waals surface area contributed by atoms with E-state index in [1.807, 2.05) is 12.1 Å². The number of nitrogens with zero attached hydrogens (tertiary/aromatic N) is 2. The van der Waals surface area contributed by atoms with E-state index >= 15 is 0 Å². The normalized spacial score (nSPS) is 32.6. The van der Waals surface area contributed by atoms with Crippen LogP contribution in [0.1, 0.15) is 38.5 Å². The summed E-state index contributed by atoms with van der Waals surface area (Å²) < 4.78 is 5.18. The molecule has 0 atom stereocenters. The molecule has 3 rings (SSSR count). The highest BCUT2D eigenvalue weighted by Crippen LogP contribution is 2.54. The van der Waals surface area contributed by atoms with Crippen LogP contribution >= 0.6 is 12.1 Å². The van der Waals surface area contributed by atoms with Crippen LogP contribution in [0.25, 0.3) is 0 Å². The number of hydrogen-bond acceptors (Lipinski definition) is 3. The monoisotopic (exact) mass is 212 g/mol. The lowest BCUT2D eigenvalue weighted by Gasteiger charge is -2.28. The van der Waals surface area contributed by atoms with E-state index in [0.717, 1.165) is 5.41 Å². The minimum absolute atomic E-state index is 0.794. The van der Waals surface area contributed by atoms with E-state index in [0.29, 0.717) is 0 Å². The molecule has 3 fully saturated rings. The molecule has 1 spiro atoms. The molecular weight excluding hydrogens is 192 g/mol. The molecule has 80 valence electrons. The van der Waals surface area contributed by atoms with Gasteiger partial charge in [0.05, 0.1) is 0 Å². The summed E-state index contributed by atoms with van der Waals surface area (Å²) >= 11 is 2.04. The van der Waals surface area contributed by atoms with Gasteiger partial charge in [0.2, 0.25) is 0 Å². The van der Waals surface area contributed by atoms with Crippen molar-refractivity contribution in [2.75, 3.05) is 26.2 Å². The van der Waals surface area contributed by atoms with Crippen molar-refractivity contribution in [3.8, 4) is 0 Å². The summed E-state index contributed by atoms with van der Waals surface area (Å²) in [6.45, 7) is 5.33. The topological polar surface area (TPSA) is 6.48 Å². The molecule has 3 aliphatic rings. The van der Waals surface area contributed by atoms with E-state index < -0.39 is 0 Å². The minimum atomic E-state index is 0.794. The Bertz CT molecular complexity index is 209. The molecule has 0 aromatic heterocycles. The van der Waals surface area contributed by atoms with Crippen molar-refractivity contribution < 1.29 is 0 Å². The van der Waals surface area contributed by atoms with Gasteiger partial charge in [-0.05, 0) is 37.5 Å². The van der Waals surface area contributed by atoms with Crippen molar-refractivity contribution in [2.24, 2.45) is 5.41 Å². The lowest BCUT2D eigenvalue weighted by atomic mass is 10.1. The first-order chi connectivity index (χ1) is 6.86. The zero-order chi connectivity index (χ0) is 9.43. The third kappa shape index (κ3) is 1.95. The highest BCUT2D eigenvalue weighted by atomic mass is 32.2. The predicted molar refractivity (Wildman–Crippen MR) is 60.9 cm³/mol. The summed E-state index contributed by atoms with van der Waals surface area (Å²) in [7, 11) is 0. The van der Waals surface area contributed by atoms with Crippen molar-refractivity contribution in [1.82, 2.24) is 8.61 Å². The van der Waals surface area contributed by atoms with Crippen LogP contribution in [0.5, 0.6) is 0 Å². The maximum atomic E-state index is 2.61. The van der Waals surface area contributed by atoms with Crippen LogP contribution in [-0.2, 0) is 0 Å². The van der Waals surface area contributed by atoms with Crippen LogP contribution in [0.4, 0.5) is 0 Å². The van der Waals surface area contributed by atoms with E-state index in [4.69, 9.17) is 0 Å². The summed E-state index contributed by atoms with van der Waals surface area (Å²) in [6, 6.07) is 0. The molecule has 0 aromatic rings. The molecule has 0 aromatic carbocycles. The van der Waals surface area contributed by atoms with Crippen LogP contribution in [-0.4, -0.2) is 34.8 Å². The number of hydrogen-bond donors (Lipinski definition) is 0. The lowest BCUT2D eigenvalue weighted by molar-refractivity contribution is 0.363. The summed E-state index contributed by atoms with van der Waals surface area (Å²) in [4.78, 5) is 0. The molecule has 0 unspecified atom stereocenters. The molecular formula is C11H20N2S. The summed E-state index contributed by atoms with van der Waals surface area (Å²) in [5.74, 6) is 0. The van der Waals surface area contributed by atoms with Gasteiger partial charge in [0, 0.05) is 38.3 Å². The van der Waals surface area contributed by atoms with Crippen molar-refractivity contribution in [1.29, 1.82) is 0 Å². The fourth-order valence-corrected chi connectivity index (χ4v) is 3.91. The average molecular weight is 212 g/mol. The van der Waals surface area contributed by atoms with Gasteiger partial charge in [0.15, 0.2) is 0 Å². The highest BCUT2D eigenvalue weighted by molar-refractivity contribution is 7.94. The van der Waals surface area contributed by atoms with E-state index in [-0.39, 0.29) is 0 Å². The SMILES string of the molecule is C1CCN(SN2CCC3(CC3)C2)CC1. The predicted octanol–water partition coefficient (Wildman–Crippen LogP) is 2.52. The van der Waals surface area contributed by atoms with Crippen LogP contribution in [0.2, 0.25) is 0 Å². The fourth-order valence-electron chi connectivity index (χ4n) is 2.66. The van der Waals surface area contributed by atoms with E-state index in [9.17, 15) is 0 Å². The van der Waals surface area contributed by atoms with E-state index in [1.54, 1.807) is 0 Å². The molecule has 14 heavy (non-hydrogen) atoms. The molecule has 2 saturated heterocycles. The Kier molecular flexibility index (Phi) is 2.50. The van der Waals surface area contributed by atoms with Gasteiger partial charge in [0.25, 0.3) is 0 Å². The molecule has 0 radical (unpaired) electrons. The van der Waals surface area contributed by atoms with Gasteiger partial charge in [-0.1, -0.05) is 6.42 Å². The van der Waals surface area contributed by atoms with Crippen molar-refractivity contribution in [2.45, 2.75) is 38.5 Å². The summed E-state index contributed by atoms with van der Waals surface area (Å²) in [5.41, 5.74) is 0.794. The van der Waals surface area contributed by atoms with Crippen LogP contribution in [0.15, 0.2) is 0 Å². The van der Waals surface area contributed by atoms with Gasteiger partial charge in [-0.3, -0.25) is 0 Å². The Balaban J connectivity index is 1.47. The molecule has 3 heteroatoms. The zero-order valence-corrected chi connectivity index (χ0v) is 9.69. The van der Waals surface area contributed by atoms with Gasteiger partial charge < -0.3 is 0 Å². The molecule has 2 aliphatic heterocycles. The maximum absolute atomic E-state index is 2.61. The molecule has 0 amide bonds. The quantitative estimate of drug-likeness (QED) is 0.649. The van der Waals surface area contributed by atoms with Crippen molar-refractivity contribution in [3.05, 3.63) is 0 Å². The van der Waals surface area contributed by atoms with E-state index in [2.05, 4.69) is 8.61 Å². The maximum Gasteiger partial charge on any atom is 0.0159 e. The Morgan fingerprint density at radius 1 is 0.786 bits per heavy atom. The smallest absolute Gasteiger partial charge is 0.0159 e. The first-order valence-corrected chi connectivity index (χ1v) is 6.77. The largest absolute Gasteiger partial charge is 0.237 e. The first kappa shape index (κ1) is 9.49. The van der Waals surface area contributed by atoms with Gasteiger partial charge in [-0.2, -0.15) is 0 Å². The van der Waals surface area contributed by atoms with Gasteiger partial charge in [0.1, 0.15) is 0 Å². The molecule has 0 N–H and O–H groups in total. The summed E-state index contributed by atoms with van der Waals surface area (Å²) in [6.07, 6.45) is 8.74. The van der Waals surface area contributed by atoms with Crippen LogP contribution < -0.4 is 0 Å². The second-order valence-electron chi connectivity index (χ2n) is 5.18. The molecule has 1 saturated carbocycles. The third-order valence-electron chi connectivity index (χ3n) is 3.91. The number of rotatable bonds is 2. The standard InChI is InChI=1S/C11H20N2S/c1-2-7-12(8-3-1)14-13-9-6-11(10-13)4-5-11/h1-10H2. The number of piperidine rings is 1. The Morgan fingerprint density at radius 3 is 2.21 bits per heavy atom. The second kappa shape index (κ2) is 3.69. The third-order valence-corrected chi connectivity index (χ3v) is 5.05. The van der Waals surface area contributed by atoms with Crippen LogP contribution in [0, 0.1) is 5.41 Å². The Hall–Kier alpha value is 0.270. The fraction of sp³-hybridized carbons (Fsp3) is 1.00. The Labute approximate surface area is 91.3 Å². The Morgan fingerprint density at radius 2 is 1.57 bits per heavy atom. The van der Waals surface area contributed by atoms with Crippen molar-refractivity contribution in [3.63, 3.8) is 0 Å². The van der Waals surface area contributed by atoms with Gasteiger partial charge >= 0.3 is 0 Å². The summed E-state index contributed by atoms with van der Waals surface area (Å²) in [5, 5.41) is 0. The first-order valence-electron chi connectivity index (χ1n) is 6.04. The molecule has 0 bridgehead atoms. The minimum Gasteiger partial charge on any atom is -0.237 e. The second-order valence-corrected chi connectivity index (χ2v) is 6.38.